The van der Waals surface area contributed by atoms with Crippen LogP contribution in [0, 0.1) is 11.6 Å². The Morgan fingerprint density at radius 2 is 1.92 bits per heavy atom. The summed E-state index contributed by atoms with van der Waals surface area (Å²) in [5.41, 5.74) is 2.62. The molecule has 0 bridgehead atoms. The van der Waals surface area contributed by atoms with Crippen LogP contribution in [0.25, 0.3) is 11.3 Å². The zero-order chi connectivity index (χ0) is 17.8. The number of benzene rings is 2. The molecule has 0 saturated carbocycles. The van der Waals surface area contributed by atoms with Crippen LogP contribution in [0.3, 0.4) is 0 Å². The summed E-state index contributed by atoms with van der Waals surface area (Å²) in [4.78, 5) is 16.5. The highest BCUT2D eigenvalue weighted by Gasteiger charge is 2.11. The second-order valence-corrected chi connectivity index (χ2v) is 6.97. The fourth-order valence-electron chi connectivity index (χ4n) is 2.21. The number of thiazole rings is 1. The molecule has 1 aromatic heterocycles. The molecule has 3 rings (SSSR count). The topological polar surface area (TPSA) is 42.0 Å². The van der Waals surface area contributed by atoms with Crippen molar-refractivity contribution in [1.82, 2.24) is 4.98 Å². The van der Waals surface area contributed by atoms with Crippen molar-refractivity contribution in [3.05, 3.63) is 70.6 Å². The number of halogens is 2. The van der Waals surface area contributed by atoms with E-state index in [0.29, 0.717) is 22.0 Å². The Morgan fingerprint density at radius 3 is 2.60 bits per heavy atom. The van der Waals surface area contributed by atoms with Crippen LogP contribution in [0.5, 0.6) is 0 Å². The number of nitrogens with one attached hydrogen (secondary N) is 1. The summed E-state index contributed by atoms with van der Waals surface area (Å²) in [5, 5.41) is 4.81. The fraction of sp³-hybridized carbons (Fsp3) is 0.111. The van der Waals surface area contributed by atoms with Gasteiger partial charge in [0.2, 0.25) is 0 Å². The molecule has 0 unspecified atom stereocenters. The van der Waals surface area contributed by atoms with Gasteiger partial charge in [-0.15, -0.1) is 11.3 Å². The van der Waals surface area contributed by atoms with Crippen LogP contribution in [0.1, 0.15) is 15.9 Å². The monoisotopic (exact) mass is 376 g/mol. The summed E-state index contributed by atoms with van der Waals surface area (Å²) < 4.78 is 26.3. The summed E-state index contributed by atoms with van der Waals surface area (Å²) in [6, 6.07) is 11.0. The zero-order valence-electron chi connectivity index (χ0n) is 13.3. The summed E-state index contributed by atoms with van der Waals surface area (Å²) in [6.45, 7) is 0. The van der Waals surface area contributed by atoms with Gasteiger partial charge in [-0.1, -0.05) is 12.1 Å². The third-order valence-electron chi connectivity index (χ3n) is 3.47. The summed E-state index contributed by atoms with van der Waals surface area (Å²) in [5.74, 6) is -1.20. The number of anilines is 1. The lowest BCUT2D eigenvalue weighted by molar-refractivity contribution is 0.102. The van der Waals surface area contributed by atoms with Crippen molar-refractivity contribution < 1.29 is 13.6 Å². The van der Waals surface area contributed by atoms with E-state index in [1.807, 2.05) is 18.4 Å². The SMILES string of the molecule is CSCc1ccc(C(=O)Nc2nc(-c3ccc(F)c(F)c3)cs2)cc1. The van der Waals surface area contributed by atoms with Crippen LogP contribution < -0.4 is 5.32 Å². The van der Waals surface area contributed by atoms with Gasteiger partial charge in [-0.25, -0.2) is 13.8 Å². The smallest absolute Gasteiger partial charge is 0.257 e. The maximum atomic E-state index is 13.3. The Balaban J connectivity index is 1.72. The second-order valence-electron chi connectivity index (χ2n) is 5.25. The maximum Gasteiger partial charge on any atom is 0.257 e. The number of thioether (sulfide) groups is 1. The molecule has 0 radical (unpaired) electrons. The molecular weight excluding hydrogens is 362 g/mol. The number of hydrogen-bond donors (Lipinski definition) is 1. The average molecular weight is 376 g/mol. The Morgan fingerprint density at radius 1 is 1.16 bits per heavy atom. The van der Waals surface area contributed by atoms with E-state index in [0.717, 1.165) is 23.4 Å². The number of carbonyl (C=O) groups excluding carboxylic acids is 1. The quantitative estimate of drug-likeness (QED) is 0.665. The first-order valence-corrected chi connectivity index (χ1v) is 9.64. The van der Waals surface area contributed by atoms with Gasteiger partial charge in [-0.2, -0.15) is 11.8 Å². The van der Waals surface area contributed by atoms with E-state index in [4.69, 9.17) is 0 Å². The van der Waals surface area contributed by atoms with Crippen molar-refractivity contribution in [3.63, 3.8) is 0 Å². The Labute approximate surface area is 152 Å². The van der Waals surface area contributed by atoms with Crippen LogP contribution in [0.15, 0.2) is 47.8 Å². The molecule has 128 valence electrons. The molecule has 3 nitrogen and oxygen atoms in total. The van der Waals surface area contributed by atoms with Gasteiger partial charge < -0.3 is 0 Å². The molecule has 0 fully saturated rings. The first-order chi connectivity index (χ1) is 12.1. The van der Waals surface area contributed by atoms with Gasteiger partial charge in [0.15, 0.2) is 16.8 Å². The van der Waals surface area contributed by atoms with Crippen LogP contribution >= 0.6 is 23.1 Å². The summed E-state index contributed by atoms with van der Waals surface area (Å²) in [6.07, 6.45) is 2.02. The van der Waals surface area contributed by atoms with E-state index < -0.39 is 11.6 Å². The molecule has 0 aliphatic heterocycles. The fourth-order valence-corrected chi connectivity index (χ4v) is 3.45. The van der Waals surface area contributed by atoms with E-state index in [1.54, 1.807) is 29.3 Å². The van der Waals surface area contributed by atoms with E-state index in [2.05, 4.69) is 10.3 Å². The third-order valence-corrected chi connectivity index (χ3v) is 4.85. The van der Waals surface area contributed by atoms with Gasteiger partial charge >= 0.3 is 0 Å². The lowest BCUT2D eigenvalue weighted by atomic mass is 10.1. The molecule has 0 atom stereocenters. The van der Waals surface area contributed by atoms with E-state index in [9.17, 15) is 13.6 Å². The first kappa shape index (κ1) is 17.6. The Kier molecular flexibility index (Phi) is 5.45. The van der Waals surface area contributed by atoms with Crippen molar-refractivity contribution in [2.75, 3.05) is 11.6 Å². The molecule has 0 aliphatic carbocycles. The van der Waals surface area contributed by atoms with Crippen molar-refractivity contribution in [3.8, 4) is 11.3 Å². The lowest BCUT2D eigenvalue weighted by Crippen LogP contribution is -2.11. The number of rotatable bonds is 5. The highest BCUT2D eigenvalue weighted by Crippen LogP contribution is 2.26. The van der Waals surface area contributed by atoms with E-state index >= 15 is 0 Å². The van der Waals surface area contributed by atoms with Crippen molar-refractivity contribution >= 4 is 34.1 Å². The third kappa shape index (κ3) is 4.24. The maximum absolute atomic E-state index is 13.3. The first-order valence-electron chi connectivity index (χ1n) is 7.37. The standard InChI is InChI=1S/C18H14F2N2OS2/c1-24-9-11-2-4-12(5-3-11)17(23)22-18-21-16(10-25-18)13-6-7-14(19)15(20)8-13/h2-8,10H,9H2,1H3,(H,21,22,23). The number of amides is 1. The van der Waals surface area contributed by atoms with Gasteiger partial charge in [0.05, 0.1) is 5.69 Å². The average Bonchev–Trinajstić information content (AvgIpc) is 3.07. The number of nitrogens with zero attached hydrogens (tertiary/aromatic N) is 1. The molecule has 0 spiro atoms. The number of carbonyl (C=O) groups is 1. The summed E-state index contributed by atoms with van der Waals surface area (Å²) >= 11 is 2.94. The van der Waals surface area contributed by atoms with Crippen molar-refractivity contribution in [1.29, 1.82) is 0 Å². The predicted molar refractivity (Wildman–Crippen MR) is 99.1 cm³/mol. The van der Waals surface area contributed by atoms with Crippen LogP contribution in [-0.2, 0) is 5.75 Å². The second kappa shape index (κ2) is 7.76. The molecular formula is C18H14F2N2OS2. The van der Waals surface area contributed by atoms with Gasteiger partial charge in [0.25, 0.3) is 5.91 Å². The minimum absolute atomic E-state index is 0.262. The number of aromatic nitrogens is 1. The predicted octanol–water partition coefficient (Wildman–Crippen LogP) is 5.20. The molecule has 1 amide bonds. The summed E-state index contributed by atoms with van der Waals surface area (Å²) in [7, 11) is 0. The Hall–Kier alpha value is -2.25. The molecule has 7 heteroatoms. The van der Waals surface area contributed by atoms with Gasteiger partial charge in [0.1, 0.15) is 0 Å². The van der Waals surface area contributed by atoms with E-state index in [1.165, 1.54) is 17.4 Å². The van der Waals surface area contributed by atoms with Gasteiger partial charge in [0, 0.05) is 22.3 Å². The molecule has 2 aromatic carbocycles. The molecule has 25 heavy (non-hydrogen) atoms. The van der Waals surface area contributed by atoms with Gasteiger partial charge in [-0.05, 0) is 42.2 Å². The van der Waals surface area contributed by atoms with Gasteiger partial charge in [-0.3, -0.25) is 10.1 Å². The minimum atomic E-state index is -0.929. The number of hydrogen-bond acceptors (Lipinski definition) is 4. The molecule has 1 heterocycles. The van der Waals surface area contributed by atoms with Crippen LogP contribution in [-0.4, -0.2) is 17.1 Å². The van der Waals surface area contributed by atoms with Crippen LogP contribution in [0.2, 0.25) is 0 Å². The highest BCUT2D eigenvalue weighted by molar-refractivity contribution is 7.97. The van der Waals surface area contributed by atoms with Crippen molar-refractivity contribution in [2.45, 2.75) is 5.75 Å². The van der Waals surface area contributed by atoms with Crippen molar-refractivity contribution in [2.24, 2.45) is 0 Å². The molecule has 3 aromatic rings. The van der Waals surface area contributed by atoms with Crippen LogP contribution in [0.4, 0.5) is 13.9 Å². The lowest BCUT2D eigenvalue weighted by Gasteiger charge is -2.03. The molecule has 0 aliphatic rings. The largest absolute Gasteiger partial charge is 0.298 e. The Bertz CT molecular complexity index is 894. The molecule has 0 saturated heterocycles. The molecule has 1 N–H and O–H groups in total. The minimum Gasteiger partial charge on any atom is -0.298 e. The highest BCUT2D eigenvalue weighted by atomic mass is 32.2. The van der Waals surface area contributed by atoms with E-state index in [-0.39, 0.29) is 5.91 Å². The normalized spacial score (nSPS) is 10.7. The zero-order valence-corrected chi connectivity index (χ0v) is 14.9.